The summed E-state index contributed by atoms with van der Waals surface area (Å²) in [5.74, 6) is -1.28. The van der Waals surface area contributed by atoms with Crippen molar-refractivity contribution in [2.24, 2.45) is 5.41 Å². The van der Waals surface area contributed by atoms with E-state index in [1.807, 2.05) is 24.3 Å². The van der Waals surface area contributed by atoms with E-state index in [2.05, 4.69) is 5.32 Å². The van der Waals surface area contributed by atoms with Crippen LogP contribution in [0.1, 0.15) is 23.1 Å². The number of carboxylic acids is 1. The monoisotopic (exact) mass is 325 g/mol. The minimum Gasteiger partial charge on any atom is -0.481 e. The summed E-state index contributed by atoms with van der Waals surface area (Å²) in [5.41, 5.74) is 2.14. The number of carbonyl (C=O) groups is 2. The molecule has 2 aromatic rings. The zero-order valence-electron chi connectivity index (χ0n) is 13.2. The maximum Gasteiger partial charge on any atom is 0.310 e. The van der Waals surface area contributed by atoms with Gasteiger partial charge in [0, 0.05) is 12.1 Å². The second kappa shape index (κ2) is 6.45. The molecule has 0 aliphatic heterocycles. The van der Waals surface area contributed by atoms with E-state index in [1.54, 1.807) is 24.3 Å². The lowest BCUT2D eigenvalue weighted by molar-refractivity contribution is -0.150. The van der Waals surface area contributed by atoms with Gasteiger partial charge in [0.15, 0.2) is 0 Å². The summed E-state index contributed by atoms with van der Waals surface area (Å²) < 4.78 is 0. The fraction of sp³-hybridized carbons (Fsp3) is 0.263. The smallest absolute Gasteiger partial charge is 0.310 e. The molecule has 0 unspecified atom stereocenters. The number of nitrogens with one attached hydrogen (secondary N) is 1. The van der Waals surface area contributed by atoms with Crippen molar-refractivity contribution < 1.29 is 19.8 Å². The average molecular weight is 325 g/mol. The summed E-state index contributed by atoms with van der Waals surface area (Å²) >= 11 is 0. The first-order valence-electron chi connectivity index (χ1n) is 7.82. The van der Waals surface area contributed by atoms with Crippen molar-refractivity contribution in [1.82, 2.24) is 0 Å². The maximum atomic E-state index is 12.4. The molecule has 0 saturated heterocycles. The minimum absolute atomic E-state index is 0.0830. The van der Waals surface area contributed by atoms with Crippen molar-refractivity contribution in [3.63, 3.8) is 0 Å². The second-order valence-corrected chi connectivity index (χ2v) is 6.29. The Morgan fingerprint density at radius 3 is 2.29 bits per heavy atom. The molecule has 0 radical (unpaired) electrons. The fourth-order valence-corrected chi connectivity index (χ4v) is 3.31. The first-order chi connectivity index (χ1) is 11.5. The number of rotatable bonds is 5. The van der Waals surface area contributed by atoms with Crippen LogP contribution in [0, 0.1) is 5.41 Å². The quantitative estimate of drug-likeness (QED) is 0.788. The van der Waals surface area contributed by atoms with Gasteiger partial charge in [0.1, 0.15) is 0 Å². The standard InChI is InChI=1S/C19H19NO4/c21-12-13-4-3-7-16(8-13)20-17(22)11-19(18(23)24)9-14-5-1-2-6-15(14)10-19/h1-8,21H,9-12H2,(H,20,22)(H,23,24). The summed E-state index contributed by atoms with van der Waals surface area (Å²) in [6.07, 6.45) is 0.644. The van der Waals surface area contributed by atoms with Crippen molar-refractivity contribution in [2.75, 3.05) is 5.32 Å². The first-order valence-corrected chi connectivity index (χ1v) is 7.82. The predicted octanol–water partition coefficient (Wildman–Crippen LogP) is 2.38. The lowest BCUT2D eigenvalue weighted by Crippen LogP contribution is -2.36. The fourth-order valence-electron chi connectivity index (χ4n) is 3.31. The van der Waals surface area contributed by atoms with Crippen LogP contribution in [0.25, 0.3) is 0 Å². The number of aliphatic hydroxyl groups excluding tert-OH is 1. The van der Waals surface area contributed by atoms with Crippen LogP contribution in [0.2, 0.25) is 0 Å². The molecule has 0 aromatic heterocycles. The summed E-state index contributed by atoms with van der Waals surface area (Å²) in [6.45, 7) is -0.113. The highest BCUT2D eigenvalue weighted by Crippen LogP contribution is 2.40. The Kier molecular flexibility index (Phi) is 4.36. The van der Waals surface area contributed by atoms with E-state index >= 15 is 0 Å². The third-order valence-corrected chi connectivity index (χ3v) is 4.52. The molecule has 0 atom stereocenters. The van der Waals surface area contributed by atoms with Gasteiger partial charge in [-0.3, -0.25) is 9.59 Å². The largest absolute Gasteiger partial charge is 0.481 e. The van der Waals surface area contributed by atoms with E-state index in [4.69, 9.17) is 5.11 Å². The molecule has 24 heavy (non-hydrogen) atoms. The first kappa shape index (κ1) is 16.2. The van der Waals surface area contributed by atoms with E-state index in [9.17, 15) is 14.7 Å². The topological polar surface area (TPSA) is 86.6 Å². The second-order valence-electron chi connectivity index (χ2n) is 6.29. The molecule has 5 heteroatoms. The molecule has 1 aliphatic rings. The molecule has 124 valence electrons. The van der Waals surface area contributed by atoms with Crippen molar-refractivity contribution in [2.45, 2.75) is 25.9 Å². The van der Waals surface area contributed by atoms with Gasteiger partial charge in [0.25, 0.3) is 0 Å². The van der Waals surface area contributed by atoms with Crippen LogP contribution in [-0.2, 0) is 29.0 Å². The minimum atomic E-state index is -1.09. The van der Waals surface area contributed by atoms with Gasteiger partial charge in [-0.2, -0.15) is 0 Å². The maximum absolute atomic E-state index is 12.4. The Morgan fingerprint density at radius 1 is 1.04 bits per heavy atom. The SMILES string of the molecule is O=C(CC1(C(=O)O)Cc2ccccc2C1)Nc1cccc(CO)c1. The Balaban J connectivity index is 1.75. The van der Waals surface area contributed by atoms with Crippen LogP contribution in [0.5, 0.6) is 0 Å². The van der Waals surface area contributed by atoms with Gasteiger partial charge >= 0.3 is 5.97 Å². The van der Waals surface area contributed by atoms with E-state index < -0.39 is 11.4 Å². The summed E-state index contributed by atoms with van der Waals surface area (Å²) in [5, 5.41) is 21.6. The number of carboxylic acid groups (broad SMARTS) is 1. The molecule has 2 aromatic carbocycles. The number of aliphatic hydroxyl groups is 1. The highest BCUT2D eigenvalue weighted by atomic mass is 16.4. The van der Waals surface area contributed by atoms with Crippen LogP contribution < -0.4 is 5.32 Å². The van der Waals surface area contributed by atoms with Crippen LogP contribution in [-0.4, -0.2) is 22.1 Å². The van der Waals surface area contributed by atoms with Gasteiger partial charge in [-0.25, -0.2) is 0 Å². The van der Waals surface area contributed by atoms with Gasteiger partial charge in [0.05, 0.1) is 12.0 Å². The van der Waals surface area contributed by atoms with Gasteiger partial charge in [0.2, 0.25) is 5.91 Å². The Labute approximate surface area is 139 Å². The lowest BCUT2D eigenvalue weighted by Gasteiger charge is -2.23. The molecule has 0 heterocycles. The number of fused-ring (bicyclic) bond motifs is 1. The zero-order chi connectivity index (χ0) is 17.2. The van der Waals surface area contributed by atoms with Crippen LogP contribution in [0.4, 0.5) is 5.69 Å². The molecule has 3 N–H and O–H groups in total. The van der Waals surface area contributed by atoms with Crippen LogP contribution in [0.15, 0.2) is 48.5 Å². The summed E-state index contributed by atoms with van der Waals surface area (Å²) in [7, 11) is 0. The molecule has 0 bridgehead atoms. The van der Waals surface area contributed by atoms with Crippen molar-refractivity contribution in [3.05, 3.63) is 65.2 Å². The zero-order valence-corrected chi connectivity index (χ0v) is 13.2. The van der Waals surface area contributed by atoms with Gasteiger partial charge in [-0.05, 0) is 41.7 Å². The molecule has 5 nitrogen and oxygen atoms in total. The Morgan fingerprint density at radius 2 is 1.71 bits per heavy atom. The highest BCUT2D eigenvalue weighted by molar-refractivity contribution is 5.94. The molecule has 1 amide bonds. The van der Waals surface area contributed by atoms with E-state index in [0.717, 1.165) is 11.1 Å². The number of amides is 1. The normalized spacial score (nSPS) is 14.9. The average Bonchev–Trinajstić information content (AvgIpc) is 2.94. The van der Waals surface area contributed by atoms with Crippen molar-refractivity contribution in [3.8, 4) is 0 Å². The number of anilines is 1. The number of aliphatic carboxylic acids is 1. The van der Waals surface area contributed by atoms with E-state index in [-0.39, 0.29) is 18.9 Å². The van der Waals surface area contributed by atoms with E-state index in [1.165, 1.54) is 0 Å². The Bertz CT molecular complexity index is 759. The summed E-state index contributed by atoms with van der Waals surface area (Å²) in [4.78, 5) is 24.3. The van der Waals surface area contributed by atoms with Gasteiger partial charge in [-0.1, -0.05) is 36.4 Å². The van der Waals surface area contributed by atoms with E-state index in [0.29, 0.717) is 24.1 Å². The van der Waals surface area contributed by atoms with Crippen LogP contribution >= 0.6 is 0 Å². The van der Waals surface area contributed by atoms with Gasteiger partial charge in [-0.15, -0.1) is 0 Å². The number of benzene rings is 2. The number of hydrogen-bond acceptors (Lipinski definition) is 3. The molecular formula is C19H19NO4. The summed E-state index contributed by atoms with van der Waals surface area (Å²) in [6, 6.07) is 14.5. The van der Waals surface area contributed by atoms with Crippen molar-refractivity contribution >= 4 is 17.6 Å². The van der Waals surface area contributed by atoms with Crippen LogP contribution in [0.3, 0.4) is 0 Å². The van der Waals surface area contributed by atoms with Crippen molar-refractivity contribution in [1.29, 1.82) is 0 Å². The Hall–Kier alpha value is -2.66. The third kappa shape index (κ3) is 3.16. The lowest BCUT2D eigenvalue weighted by atomic mass is 9.81. The third-order valence-electron chi connectivity index (χ3n) is 4.52. The molecular weight excluding hydrogens is 306 g/mol. The molecule has 3 rings (SSSR count). The number of hydrogen-bond donors (Lipinski definition) is 3. The number of carbonyl (C=O) groups excluding carboxylic acids is 1. The van der Waals surface area contributed by atoms with Gasteiger partial charge < -0.3 is 15.5 Å². The molecule has 1 aliphatic carbocycles. The highest BCUT2D eigenvalue weighted by Gasteiger charge is 2.45. The molecule has 0 fully saturated rings. The molecule has 0 saturated carbocycles. The molecule has 0 spiro atoms. The predicted molar refractivity (Wildman–Crippen MR) is 89.5 cm³/mol.